The average molecular weight is 302 g/mol. The van der Waals surface area contributed by atoms with Gasteiger partial charge in [0.2, 0.25) is 0 Å². The van der Waals surface area contributed by atoms with E-state index in [2.05, 4.69) is 15.5 Å². The molecular formula is C15H9ClFN3O. The van der Waals surface area contributed by atoms with E-state index in [1.165, 1.54) is 18.3 Å². The van der Waals surface area contributed by atoms with E-state index in [0.29, 0.717) is 11.3 Å². The van der Waals surface area contributed by atoms with Crippen molar-refractivity contribution in [2.24, 2.45) is 10.2 Å². The van der Waals surface area contributed by atoms with Gasteiger partial charge in [0.05, 0.1) is 16.9 Å². The van der Waals surface area contributed by atoms with Crippen molar-refractivity contribution in [3.63, 3.8) is 0 Å². The normalized spacial score (nSPS) is 15.5. The number of rotatable bonds is 2. The summed E-state index contributed by atoms with van der Waals surface area (Å²) >= 11 is 5.88. The first-order valence-corrected chi connectivity index (χ1v) is 6.50. The van der Waals surface area contributed by atoms with Crippen LogP contribution < -0.4 is 5.32 Å². The molecule has 0 radical (unpaired) electrons. The van der Waals surface area contributed by atoms with E-state index in [4.69, 9.17) is 11.6 Å². The molecule has 1 heterocycles. The van der Waals surface area contributed by atoms with E-state index in [0.717, 1.165) is 0 Å². The fourth-order valence-corrected chi connectivity index (χ4v) is 2.19. The first kappa shape index (κ1) is 13.5. The van der Waals surface area contributed by atoms with Gasteiger partial charge in [0, 0.05) is 11.1 Å². The molecule has 0 fully saturated rings. The number of hydrogen-bond donors (Lipinski definition) is 1. The van der Waals surface area contributed by atoms with Gasteiger partial charge in [0.15, 0.2) is 5.71 Å². The van der Waals surface area contributed by atoms with Gasteiger partial charge in [-0.15, -0.1) is 5.10 Å². The summed E-state index contributed by atoms with van der Waals surface area (Å²) in [5, 5.41) is 10.6. The minimum absolute atomic E-state index is 0.134. The number of carbonyl (C=O) groups excluding carboxylic acids is 1. The zero-order valence-electron chi connectivity index (χ0n) is 10.7. The van der Waals surface area contributed by atoms with Crippen LogP contribution in [0.1, 0.15) is 11.1 Å². The fraction of sp³-hybridized carbons (Fsp3) is 0. The summed E-state index contributed by atoms with van der Waals surface area (Å²) in [6.07, 6.45) is 1.19. The van der Waals surface area contributed by atoms with Gasteiger partial charge < -0.3 is 5.32 Å². The number of halogens is 2. The molecule has 1 amide bonds. The molecule has 0 saturated carbocycles. The Balaban J connectivity index is 1.93. The molecule has 0 bridgehead atoms. The number of amides is 1. The van der Waals surface area contributed by atoms with E-state index in [1.54, 1.807) is 24.3 Å². The van der Waals surface area contributed by atoms with Crippen LogP contribution in [0.3, 0.4) is 0 Å². The molecule has 21 heavy (non-hydrogen) atoms. The molecule has 104 valence electrons. The molecule has 4 nitrogen and oxygen atoms in total. The van der Waals surface area contributed by atoms with Gasteiger partial charge in [0.25, 0.3) is 5.91 Å². The number of carbonyl (C=O) groups is 1. The van der Waals surface area contributed by atoms with Crippen LogP contribution >= 0.6 is 11.6 Å². The Hall–Kier alpha value is -2.53. The van der Waals surface area contributed by atoms with E-state index in [-0.39, 0.29) is 22.2 Å². The van der Waals surface area contributed by atoms with Gasteiger partial charge in [-0.2, -0.15) is 5.10 Å². The largest absolute Gasteiger partial charge is 0.320 e. The molecule has 0 spiro atoms. The van der Waals surface area contributed by atoms with Crippen LogP contribution in [-0.2, 0) is 4.79 Å². The molecule has 0 atom stereocenters. The van der Waals surface area contributed by atoms with Crippen molar-refractivity contribution in [1.82, 2.24) is 0 Å². The Labute approximate surface area is 125 Å². The van der Waals surface area contributed by atoms with Gasteiger partial charge in [-0.3, -0.25) is 4.79 Å². The molecule has 3 rings (SSSR count). The van der Waals surface area contributed by atoms with Crippen molar-refractivity contribution in [2.75, 3.05) is 5.32 Å². The van der Waals surface area contributed by atoms with Crippen LogP contribution in [0.2, 0.25) is 5.02 Å². The highest BCUT2D eigenvalue weighted by atomic mass is 35.5. The van der Waals surface area contributed by atoms with Crippen LogP contribution in [0.5, 0.6) is 0 Å². The number of fused-ring (bicyclic) bond motifs is 1. The smallest absolute Gasteiger partial charge is 0.276 e. The summed E-state index contributed by atoms with van der Waals surface area (Å²) in [7, 11) is 0. The minimum atomic E-state index is -0.497. The molecule has 0 aromatic heterocycles. The number of nitrogens with one attached hydrogen (secondary N) is 1. The quantitative estimate of drug-likeness (QED) is 0.672. The van der Waals surface area contributed by atoms with E-state index < -0.39 is 5.82 Å². The van der Waals surface area contributed by atoms with Gasteiger partial charge in [-0.25, -0.2) is 4.39 Å². The van der Waals surface area contributed by atoms with Gasteiger partial charge >= 0.3 is 0 Å². The summed E-state index contributed by atoms with van der Waals surface area (Å²) in [4.78, 5) is 11.8. The predicted molar refractivity (Wildman–Crippen MR) is 80.6 cm³/mol. The standard InChI is InChI=1S/C15H9ClFN3O/c16-11-5-3-6-12(17)10(11)8-18-20-14-9-4-1-2-7-13(9)19-15(14)21/h1-8H,(H,19,20,21). The molecule has 6 heteroatoms. The summed E-state index contributed by atoms with van der Waals surface area (Å²) < 4.78 is 13.6. The Kier molecular flexibility index (Phi) is 3.50. The number of anilines is 1. The molecule has 1 aliphatic heterocycles. The van der Waals surface area contributed by atoms with Gasteiger partial charge in [0.1, 0.15) is 5.82 Å². The number of para-hydroxylation sites is 1. The highest BCUT2D eigenvalue weighted by Gasteiger charge is 2.25. The van der Waals surface area contributed by atoms with Crippen molar-refractivity contribution in [2.45, 2.75) is 0 Å². The summed E-state index contributed by atoms with van der Waals surface area (Å²) in [5.74, 6) is -0.837. The maximum absolute atomic E-state index is 13.6. The van der Waals surface area contributed by atoms with Gasteiger partial charge in [-0.1, -0.05) is 35.9 Å². The summed E-state index contributed by atoms with van der Waals surface area (Å²) in [6.45, 7) is 0. The number of hydrogen-bond acceptors (Lipinski definition) is 3. The van der Waals surface area contributed by atoms with E-state index in [1.807, 2.05) is 6.07 Å². The van der Waals surface area contributed by atoms with E-state index >= 15 is 0 Å². The SMILES string of the molecule is O=C1Nc2ccccc2/C1=N/N=Cc1c(F)cccc1Cl. The van der Waals surface area contributed by atoms with Crippen LogP contribution in [0.4, 0.5) is 10.1 Å². The van der Waals surface area contributed by atoms with Crippen LogP contribution in [-0.4, -0.2) is 17.8 Å². The monoisotopic (exact) mass is 301 g/mol. The zero-order chi connectivity index (χ0) is 14.8. The predicted octanol–water partition coefficient (Wildman–Crippen LogP) is 3.25. The Morgan fingerprint density at radius 2 is 1.95 bits per heavy atom. The summed E-state index contributed by atoms with van der Waals surface area (Å²) in [6, 6.07) is 11.5. The third-order valence-electron chi connectivity index (χ3n) is 2.99. The number of benzene rings is 2. The molecule has 1 N–H and O–H groups in total. The van der Waals surface area contributed by atoms with Crippen LogP contribution in [0.15, 0.2) is 52.7 Å². The van der Waals surface area contributed by atoms with Crippen molar-refractivity contribution < 1.29 is 9.18 Å². The Bertz CT molecular complexity index is 766. The lowest BCUT2D eigenvalue weighted by Crippen LogP contribution is -2.13. The Morgan fingerprint density at radius 3 is 2.76 bits per heavy atom. The average Bonchev–Trinajstić information content (AvgIpc) is 2.78. The van der Waals surface area contributed by atoms with Crippen molar-refractivity contribution in [3.8, 4) is 0 Å². The molecule has 1 aliphatic rings. The Morgan fingerprint density at radius 1 is 1.14 bits per heavy atom. The van der Waals surface area contributed by atoms with Crippen molar-refractivity contribution >= 4 is 35.1 Å². The first-order valence-electron chi connectivity index (χ1n) is 6.12. The third kappa shape index (κ3) is 2.55. The topological polar surface area (TPSA) is 53.8 Å². The lowest BCUT2D eigenvalue weighted by atomic mass is 10.1. The molecule has 0 saturated heterocycles. The van der Waals surface area contributed by atoms with Crippen LogP contribution in [0.25, 0.3) is 0 Å². The lowest BCUT2D eigenvalue weighted by Gasteiger charge is -1.97. The fourth-order valence-electron chi connectivity index (χ4n) is 1.98. The number of nitrogens with zero attached hydrogens (tertiary/aromatic N) is 2. The molecule has 0 unspecified atom stereocenters. The van der Waals surface area contributed by atoms with Gasteiger partial charge in [-0.05, 0) is 18.2 Å². The highest BCUT2D eigenvalue weighted by molar-refractivity contribution is 6.53. The second-order valence-corrected chi connectivity index (χ2v) is 4.74. The zero-order valence-corrected chi connectivity index (χ0v) is 11.4. The lowest BCUT2D eigenvalue weighted by molar-refractivity contribution is -0.110. The maximum Gasteiger partial charge on any atom is 0.276 e. The second-order valence-electron chi connectivity index (χ2n) is 4.33. The van der Waals surface area contributed by atoms with Crippen LogP contribution in [0, 0.1) is 5.82 Å². The highest BCUT2D eigenvalue weighted by Crippen LogP contribution is 2.23. The van der Waals surface area contributed by atoms with Crippen molar-refractivity contribution in [1.29, 1.82) is 0 Å². The second kappa shape index (κ2) is 5.46. The molecule has 2 aromatic rings. The first-order chi connectivity index (χ1) is 10.2. The maximum atomic E-state index is 13.6. The van der Waals surface area contributed by atoms with E-state index in [9.17, 15) is 9.18 Å². The van der Waals surface area contributed by atoms with Crippen molar-refractivity contribution in [3.05, 3.63) is 64.4 Å². The molecule has 2 aromatic carbocycles. The third-order valence-corrected chi connectivity index (χ3v) is 3.32. The molecular weight excluding hydrogens is 293 g/mol. The summed E-state index contributed by atoms with van der Waals surface area (Å²) in [5.41, 5.74) is 1.67. The molecule has 0 aliphatic carbocycles. The minimum Gasteiger partial charge on any atom is -0.320 e.